The lowest BCUT2D eigenvalue weighted by Crippen LogP contribution is -2.64. The summed E-state index contributed by atoms with van der Waals surface area (Å²) < 4.78 is 2.66. The second-order valence-electron chi connectivity index (χ2n) is 9.98. The van der Waals surface area contributed by atoms with E-state index < -0.39 is 11.0 Å². The average molecular weight is 647 g/mol. The molecular weight excluding hydrogens is 611 g/mol. The number of carbonyl (C=O) groups is 2. The van der Waals surface area contributed by atoms with Crippen LogP contribution >= 0.6 is 34.2 Å². The zero-order valence-electron chi connectivity index (χ0n) is 22.3. The first-order valence-corrected chi connectivity index (χ1v) is 15.3. The molecule has 0 bridgehead atoms. The van der Waals surface area contributed by atoms with Crippen LogP contribution in [0.4, 0.5) is 0 Å². The maximum absolute atomic E-state index is 14.1. The minimum absolute atomic E-state index is 0.00717. The van der Waals surface area contributed by atoms with Gasteiger partial charge in [0.25, 0.3) is 11.8 Å². The molecule has 202 valence electrons. The fourth-order valence-electron chi connectivity index (χ4n) is 5.19. The molecule has 3 aromatic rings. The number of aromatic nitrogens is 2. The molecule has 1 N–H and O–H groups in total. The highest BCUT2D eigenvalue weighted by molar-refractivity contribution is 14.1. The molecule has 0 saturated carbocycles. The van der Waals surface area contributed by atoms with Gasteiger partial charge < -0.3 is 10.2 Å². The molecule has 0 saturated heterocycles. The lowest BCUT2D eigenvalue weighted by molar-refractivity contribution is -0.130. The Morgan fingerprint density at radius 2 is 1.76 bits per heavy atom. The Kier molecular flexibility index (Phi) is 9.52. The molecule has 1 aliphatic rings. The highest BCUT2D eigenvalue weighted by atomic mass is 127. The van der Waals surface area contributed by atoms with E-state index in [4.69, 9.17) is 16.7 Å². The molecule has 2 heterocycles. The number of rotatable bonds is 11. The number of fused-ring (bicyclic) bond motifs is 1. The van der Waals surface area contributed by atoms with Gasteiger partial charge in [0.2, 0.25) is 5.00 Å². The smallest absolute Gasteiger partial charge is 0.274 e. The predicted octanol–water partition coefficient (Wildman–Crippen LogP) is 6.76. The van der Waals surface area contributed by atoms with E-state index in [0.717, 1.165) is 47.7 Å². The summed E-state index contributed by atoms with van der Waals surface area (Å²) >= 11 is 9.62. The first kappa shape index (κ1) is 28.6. The van der Waals surface area contributed by atoms with Gasteiger partial charge in [0.1, 0.15) is 5.69 Å². The molecule has 38 heavy (non-hydrogen) atoms. The van der Waals surface area contributed by atoms with Crippen molar-refractivity contribution in [1.29, 1.82) is 0 Å². The summed E-state index contributed by atoms with van der Waals surface area (Å²) in [5, 5.41) is 7.91. The van der Waals surface area contributed by atoms with Crippen molar-refractivity contribution in [3.8, 4) is 11.3 Å². The fraction of sp³-hybridized carbons (Fsp3) is 0.433. The lowest BCUT2D eigenvalue weighted by Gasteiger charge is -2.45. The zero-order chi connectivity index (χ0) is 27.3. The molecule has 6 nitrogen and oxygen atoms in total. The Balaban J connectivity index is 1.73. The van der Waals surface area contributed by atoms with Crippen LogP contribution in [0.15, 0.2) is 60.7 Å². The third kappa shape index (κ3) is 5.93. The second-order valence-corrected chi connectivity index (χ2v) is 11.7. The Bertz CT molecular complexity index is 1240. The molecule has 2 aromatic carbocycles. The van der Waals surface area contributed by atoms with Crippen molar-refractivity contribution in [2.24, 2.45) is 0 Å². The summed E-state index contributed by atoms with van der Waals surface area (Å²) in [6.45, 7) is 6.19. The average Bonchev–Trinajstić information content (AvgIpc) is 3.34. The van der Waals surface area contributed by atoms with Crippen LogP contribution in [0, 0.1) is 0 Å². The number of carbonyl (C=O) groups excluding carboxylic acids is 2. The van der Waals surface area contributed by atoms with Gasteiger partial charge in [0.05, 0.1) is 18.3 Å². The van der Waals surface area contributed by atoms with Crippen molar-refractivity contribution in [2.45, 2.75) is 76.5 Å². The molecule has 2 amide bonds. The summed E-state index contributed by atoms with van der Waals surface area (Å²) in [7, 11) is 0. The number of hydrogen-bond acceptors (Lipinski definition) is 3. The summed E-state index contributed by atoms with van der Waals surface area (Å²) in [6.07, 6.45) is 4.63. The minimum atomic E-state index is -1.62. The van der Waals surface area contributed by atoms with Crippen LogP contribution in [0.1, 0.15) is 74.1 Å². The van der Waals surface area contributed by atoms with Crippen molar-refractivity contribution >= 4 is 46.0 Å². The Hall–Kier alpha value is -2.39. The van der Waals surface area contributed by atoms with E-state index in [2.05, 4.69) is 53.9 Å². The Morgan fingerprint density at radius 3 is 2.37 bits per heavy atom. The minimum Gasteiger partial charge on any atom is -0.350 e. The van der Waals surface area contributed by atoms with Gasteiger partial charge in [-0.3, -0.25) is 14.3 Å². The number of alkyl halides is 2. The van der Waals surface area contributed by atoms with Gasteiger partial charge >= 0.3 is 0 Å². The number of nitrogens with zero attached hydrogens (tertiary/aromatic N) is 3. The quantitative estimate of drug-likeness (QED) is 0.142. The number of benzene rings is 2. The summed E-state index contributed by atoms with van der Waals surface area (Å²) in [4.78, 5) is 27.9. The molecule has 4 rings (SSSR count). The van der Waals surface area contributed by atoms with Gasteiger partial charge in [0, 0.05) is 16.0 Å². The molecular formula is C30H36ClIN4O2. The first-order valence-electron chi connectivity index (χ1n) is 13.4. The van der Waals surface area contributed by atoms with Crippen LogP contribution in [0.2, 0.25) is 0 Å². The van der Waals surface area contributed by atoms with E-state index in [1.807, 2.05) is 55.5 Å². The maximum atomic E-state index is 14.1. The van der Waals surface area contributed by atoms with Crippen molar-refractivity contribution < 1.29 is 9.59 Å². The molecule has 2 atom stereocenters. The van der Waals surface area contributed by atoms with Gasteiger partial charge in [0.15, 0.2) is 0 Å². The lowest BCUT2D eigenvalue weighted by atomic mass is 10.00. The van der Waals surface area contributed by atoms with E-state index in [1.54, 1.807) is 9.58 Å². The molecule has 0 aliphatic carbocycles. The van der Waals surface area contributed by atoms with Crippen molar-refractivity contribution in [3.63, 3.8) is 0 Å². The second kappa shape index (κ2) is 12.6. The van der Waals surface area contributed by atoms with Gasteiger partial charge in [-0.15, -0.1) is 0 Å². The van der Waals surface area contributed by atoms with Crippen LogP contribution in [0.25, 0.3) is 11.3 Å². The van der Waals surface area contributed by atoms with Gasteiger partial charge in [-0.05, 0) is 43.4 Å². The van der Waals surface area contributed by atoms with E-state index in [0.29, 0.717) is 11.4 Å². The van der Waals surface area contributed by atoms with Crippen LogP contribution in [0.5, 0.6) is 0 Å². The SMILES string of the molecule is CCCC(CCC)NC(=O)C1(Cl)Cn2nc(-c3ccc(CCI)cc3)cc2C(=O)N1C(C)c1ccccc1. The van der Waals surface area contributed by atoms with Crippen molar-refractivity contribution in [3.05, 3.63) is 77.5 Å². The zero-order valence-corrected chi connectivity index (χ0v) is 25.2. The van der Waals surface area contributed by atoms with Crippen LogP contribution in [-0.4, -0.2) is 42.0 Å². The monoisotopic (exact) mass is 646 g/mol. The Morgan fingerprint density at radius 1 is 1.11 bits per heavy atom. The highest BCUT2D eigenvalue weighted by Crippen LogP contribution is 2.39. The topological polar surface area (TPSA) is 67.2 Å². The third-order valence-corrected chi connectivity index (χ3v) is 8.23. The fourth-order valence-corrected chi connectivity index (χ4v) is 6.20. The molecule has 8 heteroatoms. The van der Waals surface area contributed by atoms with Crippen molar-refractivity contribution in [2.75, 3.05) is 4.43 Å². The molecule has 2 unspecified atom stereocenters. The summed E-state index contributed by atoms with van der Waals surface area (Å²) in [5.41, 5.74) is 4.22. The standard InChI is InChI=1S/C30H36ClIN4O2/c1-4-9-25(10-5-2)33-29(38)30(31)20-35-27(28(37)36(30)21(3)23-11-7-6-8-12-23)19-26(34-35)24-15-13-22(14-16-24)17-18-32/h6-8,11-16,19,21,25H,4-5,9-10,17-18,20H2,1-3H3,(H,33,38). The molecule has 0 fully saturated rings. The summed E-state index contributed by atoms with van der Waals surface area (Å²) in [6, 6.07) is 19.4. The van der Waals surface area contributed by atoms with E-state index in [9.17, 15) is 9.59 Å². The Labute approximate surface area is 244 Å². The maximum Gasteiger partial charge on any atom is 0.274 e. The van der Waals surface area contributed by atoms with E-state index in [-0.39, 0.29) is 24.4 Å². The number of aryl methyl sites for hydroxylation is 1. The summed E-state index contributed by atoms with van der Waals surface area (Å²) in [5.74, 6) is -0.659. The number of hydrogen-bond donors (Lipinski definition) is 1. The molecule has 1 aromatic heterocycles. The molecule has 1 aliphatic heterocycles. The number of halogens is 2. The third-order valence-electron chi connectivity index (χ3n) is 7.22. The van der Waals surface area contributed by atoms with E-state index in [1.165, 1.54) is 5.56 Å². The van der Waals surface area contributed by atoms with Crippen molar-refractivity contribution in [1.82, 2.24) is 20.0 Å². The number of nitrogens with one attached hydrogen (secondary N) is 1. The first-order chi connectivity index (χ1) is 18.3. The van der Waals surface area contributed by atoms with Crippen LogP contribution in [-0.2, 0) is 17.8 Å². The number of amides is 2. The molecule has 0 radical (unpaired) electrons. The van der Waals surface area contributed by atoms with Crippen LogP contribution < -0.4 is 5.32 Å². The normalized spacial score (nSPS) is 17.9. The predicted molar refractivity (Wildman–Crippen MR) is 162 cm³/mol. The highest BCUT2D eigenvalue weighted by Gasteiger charge is 2.52. The van der Waals surface area contributed by atoms with Gasteiger partial charge in [-0.25, -0.2) is 0 Å². The van der Waals surface area contributed by atoms with Gasteiger partial charge in [-0.1, -0.05) is 115 Å². The largest absolute Gasteiger partial charge is 0.350 e. The van der Waals surface area contributed by atoms with Crippen LogP contribution in [0.3, 0.4) is 0 Å². The van der Waals surface area contributed by atoms with Gasteiger partial charge in [-0.2, -0.15) is 5.10 Å². The van der Waals surface area contributed by atoms with E-state index >= 15 is 0 Å². The molecule has 0 spiro atoms.